The number of unbranched alkanes of at least 4 members (excludes halogenated alkanes) is 2. The van der Waals surface area contributed by atoms with E-state index >= 15 is 0 Å². The fraction of sp³-hybridized carbons (Fsp3) is 0.600. The number of thiol groups is 1. The van der Waals surface area contributed by atoms with Gasteiger partial charge in [0.25, 0.3) is 0 Å². The van der Waals surface area contributed by atoms with Gasteiger partial charge in [-0.2, -0.15) is 12.6 Å². The van der Waals surface area contributed by atoms with Crippen LogP contribution in [0.15, 0.2) is 24.3 Å². The Morgan fingerprint density at radius 2 is 1.77 bits per heavy atom. The summed E-state index contributed by atoms with van der Waals surface area (Å²) in [5, 5.41) is 18.3. The predicted molar refractivity (Wildman–Crippen MR) is 135 cm³/mol. The number of piperazine rings is 1. The van der Waals surface area contributed by atoms with Crippen LogP contribution in [0.25, 0.3) is 0 Å². The Kier molecular flexibility index (Phi) is 9.42. The van der Waals surface area contributed by atoms with Gasteiger partial charge < -0.3 is 26.0 Å². The second kappa shape index (κ2) is 12.3. The second-order valence-electron chi connectivity index (χ2n) is 9.69. The molecule has 3 rings (SSSR count). The summed E-state index contributed by atoms with van der Waals surface area (Å²) in [4.78, 5) is 52.4. The molecule has 1 aromatic carbocycles. The average molecular weight is 505 g/mol. The Morgan fingerprint density at radius 1 is 1.11 bits per heavy atom. The number of hydrogen-bond donors (Lipinski definition) is 5. The summed E-state index contributed by atoms with van der Waals surface area (Å²) in [7, 11) is 0. The molecular formula is C25H36N4O5S. The zero-order chi connectivity index (χ0) is 25.5. The normalized spacial score (nSPS) is 23.7. The van der Waals surface area contributed by atoms with Gasteiger partial charge in [0.05, 0.1) is 17.7 Å². The summed E-state index contributed by atoms with van der Waals surface area (Å²) in [6.45, 7) is 5.04. The highest BCUT2D eigenvalue weighted by molar-refractivity contribution is 7.81. The molecule has 0 spiro atoms. The number of phenolic OH excluding ortho intramolecular Hbond substituents is 1. The van der Waals surface area contributed by atoms with Crippen LogP contribution < -0.4 is 16.0 Å². The molecule has 2 saturated heterocycles. The minimum atomic E-state index is -0.698. The zero-order valence-corrected chi connectivity index (χ0v) is 21.2. The summed E-state index contributed by atoms with van der Waals surface area (Å²) in [6, 6.07) is 4.59. The fourth-order valence-electron chi connectivity index (χ4n) is 4.90. The van der Waals surface area contributed by atoms with Crippen molar-refractivity contribution in [2.45, 2.75) is 64.1 Å². The number of nitrogens with one attached hydrogen (secondary N) is 3. The average Bonchev–Trinajstić information content (AvgIpc) is 3.23. The Labute approximate surface area is 211 Å². The van der Waals surface area contributed by atoms with Crippen LogP contribution in [-0.2, 0) is 19.2 Å². The number of amides is 4. The first-order chi connectivity index (χ1) is 16.7. The standard InChI is InChI=1S/C25H36N4O5S/c1-15(2)12-19-25(34)29-20(24(33)28-19)13-18(22(29)16-6-8-17(30)9-7-16)23(32)27-11-5-3-4-10-26-21(31)14-35/h6-9,15,18-20,22,30,35H,3-5,10-14H2,1-2H3,(H,26,31)(H,27,32)(H,28,33)/t18-,19+,20-,22-/m1/s1. The molecule has 0 bridgehead atoms. The summed E-state index contributed by atoms with van der Waals surface area (Å²) < 4.78 is 0. The lowest BCUT2D eigenvalue weighted by Gasteiger charge is -2.39. The summed E-state index contributed by atoms with van der Waals surface area (Å²) in [6.07, 6.45) is 3.17. The molecule has 0 saturated carbocycles. The van der Waals surface area contributed by atoms with Crippen LogP contribution in [0.2, 0.25) is 0 Å². The van der Waals surface area contributed by atoms with E-state index in [1.54, 1.807) is 17.0 Å². The van der Waals surface area contributed by atoms with Crippen molar-refractivity contribution >= 4 is 36.3 Å². The van der Waals surface area contributed by atoms with E-state index in [-0.39, 0.29) is 47.5 Å². The first-order valence-corrected chi connectivity index (χ1v) is 12.9. The van der Waals surface area contributed by atoms with Crippen LogP contribution in [0.3, 0.4) is 0 Å². The van der Waals surface area contributed by atoms with Crippen molar-refractivity contribution in [3.8, 4) is 5.75 Å². The van der Waals surface area contributed by atoms with Crippen molar-refractivity contribution in [1.29, 1.82) is 0 Å². The number of aromatic hydroxyl groups is 1. The molecule has 0 unspecified atom stereocenters. The number of fused-ring (bicyclic) bond motifs is 1. The summed E-state index contributed by atoms with van der Waals surface area (Å²) in [5.74, 6) is -0.785. The van der Waals surface area contributed by atoms with Crippen LogP contribution in [0.1, 0.15) is 57.6 Å². The number of carbonyl (C=O) groups excluding carboxylic acids is 4. The third-order valence-corrected chi connectivity index (χ3v) is 6.85. The van der Waals surface area contributed by atoms with E-state index in [4.69, 9.17) is 0 Å². The molecule has 1 aromatic rings. The Balaban J connectivity index is 1.69. The lowest BCUT2D eigenvalue weighted by Crippen LogP contribution is -2.61. The summed E-state index contributed by atoms with van der Waals surface area (Å²) >= 11 is 3.92. The smallest absolute Gasteiger partial charge is 0.246 e. The molecule has 2 heterocycles. The van der Waals surface area contributed by atoms with Crippen molar-refractivity contribution in [2.24, 2.45) is 11.8 Å². The lowest BCUT2D eigenvalue weighted by molar-refractivity contribution is -0.150. The quantitative estimate of drug-likeness (QED) is 0.231. The molecule has 4 N–H and O–H groups in total. The molecule has 0 aliphatic carbocycles. The molecule has 35 heavy (non-hydrogen) atoms. The van der Waals surface area contributed by atoms with E-state index < -0.39 is 24.0 Å². The second-order valence-corrected chi connectivity index (χ2v) is 10.0. The molecule has 0 radical (unpaired) electrons. The highest BCUT2D eigenvalue weighted by Gasteiger charge is 2.54. The van der Waals surface area contributed by atoms with Crippen molar-refractivity contribution in [2.75, 3.05) is 18.8 Å². The zero-order valence-electron chi connectivity index (χ0n) is 20.3. The van der Waals surface area contributed by atoms with E-state index in [0.717, 1.165) is 24.8 Å². The SMILES string of the molecule is CC(C)C[C@@H]1NC(=O)[C@H]2C[C@@H](C(=O)NCCCCCNC(=O)CS)[C@@H](c3ccc(O)cc3)N2C1=O. The van der Waals surface area contributed by atoms with Crippen LogP contribution in [0.5, 0.6) is 5.75 Å². The molecule has 4 amide bonds. The van der Waals surface area contributed by atoms with Gasteiger partial charge in [-0.05, 0) is 55.7 Å². The van der Waals surface area contributed by atoms with Gasteiger partial charge in [0.1, 0.15) is 17.8 Å². The molecule has 9 nitrogen and oxygen atoms in total. The molecule has 2 fully saturated rings. The number of phenols is 1. The summed E-state index contributed by atoms with van der Waals surface area (Å²) in [5.41, 5.74) is 0.719. The molecule has 192 valence electrons. The van der Waals surface area contributed by atoms with Crippen molar-refractivity contribution in [3.05, 3.63) is 29.8 Å². The predicted octanol–water partition coefficient (Wildman–Crippen LogP) is 1.53. The topological polar surface area (TPSA) is 128 Å². The highest BCUT2D eigenvalue weighted by atomic mass is 32.1. The Hall–Kier alpha value is -2.75. The highest BCUT2D eigenvalue weighted by Crippen LogP contribution is 2.43. The number of nitrogens with zero attached hydrogens (tertiary/aromatic N) is 1. The Bertz CT molecular complexity index is 923. The van der Waals surface area contributed by atoms with Gasteiger partial charge in [0.2, 0.25) is 23.6 Å². The van der Waals surface area contributed by atoms with E-state index in [9.17, 15) is 24.3 Å². The Morgan fingerprint density at radius 3 is 2.40 bits per heavy atom. The molecular weight excluding hydrogens is 468 g/mol. The van der Waals surface area contributed by atoms with Gasteiger partial charge in [-0.15, -0.1) is 0 Å². The number of benzene rings is 1. The van der Waals surface area contributed by atoms with Gasteiger partial charge in [-0.25, -0.2) is 0 Å². The van der Waals surface area contributed by atoms with Crippen LogP contribution in [0.4, 0.5) is 0 Å². The van der Waals surface area contributed by atoms with Crippen LogP contribution in [-0.4, -0.2) is 64.6 Å². The third-order valence-electron chi connectivity index (χ3n) is 6.56. The van der Waals surface area contributed by atoms with Crippen molar-refractivity contribution in [1.82, 2.24) is 20.9 Å². The number of rotatable bonds is 11. The van der Waals surface area contributed by atoms with Gasteiger partial charge >= 0.3 is 0 Å². The molecule has 10 heteroatoms. The fourth-order valence-corrected chi connectivity index (χ4v) is 5.02. The van der Waals surface area contributed by atoms with Crippen molar-refractivity contribution < 1.29 is 24.3 Å². The lowest BCUT2D eigenvalue weighted by atomic mass is 9.92. The van der Waals surface area contributed by atoms with Gasteiger partial charge in [-0.1, -0.05) is 26.0 Å². The number of carbonyl (C=O) groups is 4. The van der Waals surface area contributed by atoms with Crippen LogP contribution in [0, 0.1) is 11.8 Å². The molecule has 4 atom stereocenters. The molecule has 2 aliphatic heterocycles. The molecule has 2 aliphatic rings. The minimum Gasteiger partial charge on any atom is -0.508 e. The maximum atomic E-state index is 13.4. The van der Waals surface area contributed by atoms with Crippen molar-refractivity contribution in [3.63, 3.8) is 0 Å². The molecule has 0 aromatic heterocycles. The maximum absolute atomic E-state index is 13.4. The first kappa shape index (κ1) is 26.8. The van der Waals surface area contributed by atoms with E-state index in [1.165, 1.54) is 12.1 Å². The van der Waals surface area contributed by atoms with E-state index in [0.29, 0.717) is 19.5 Å². The van der Waals surface area contributed by atoms with E-state index in [2.05, 4.69) is 28.6 Å². The van der Waals surface area contributed by atoms with E-state index in [1.807, 2.05) is 13.8 Å². The minimum absolute atomic E-state index is 0.0928. The maximum Gasteiger partial charge on any atom is 0.246 e. The monoisotopic (exact) mass is 504 g/mol. The largest absolute Gasteiger partial charge is 0.508 e. The van der Waals surface area contributed by atoms with Gasteiger partial charge in [0, 0.05) is 13.1 Å². The first-order valence-electron chi connectivity index (χ1n) is 12.3. The van der Waals surface area contributed by atoms with Gasteiger partial charge in [-0.3, -0.25) is 19.2 Å². The third kappa shape index (κ3) is 6.68. The van der Waals surface area contributed by atoms with Crippen LogP contribution >= 0.6 is 12.6 Å². The number of hydrogen-bond acceptors (Lipinski definition) is 6. The van der Waals surface area contributed by atoms with Gasteiger partial charge in [0.15, 0.2) is 0 Å².